The smallest absolute Gasteiger partial charge is 0.0991 e. The summed E-state index contributed by atoms with van der Waals surface area (Å²) in [5, 5.41) is 14.3. The standard InChI is InChI=1S/C38H25N3/c1-25-8-7-12-32-34-23-28(17-21-37(34)41(38(25)32)30-18-14-26(24-39)15-19-30)27-16-20-36-33(22-27)31-11-5-6-13-35(31)40(36)29-9-3-2-4-10-29/h2-23H,1H3. The zero-order valence-electron chi connectivity index (χ0n) is 22.5. The maximum atomic E-state index is 9.31. The molecule has 0 saturated carbocycles. The van der Waals surface area contributed by atoms with E-state index in [0.717, 1.165) is 11.2 Å². The number of fused-ring (bicyclic) bond motifs is 6. The third kappa shape index (κ3) is 3.51. The van der Waals surface area contributed by atoms with Crippen LogP contribution in [0.3, 0.4) is 0 Å². The van der Waals surface area contributed by atoms with Crippen LogP contribution in [0.15, 0.2) is 133 Å². The first-order valence-electron chi connectivity index (χ1n) is 13.8. The fourth-order valence-corrected chi connectivity index (χ4v) is 6.38. The predicted molar refractivity (Wildman–Crippen MR) is 170 cm³/mol. The summed E-state index contributed by atoms with van der Waals surface area (Å²) < 4.78 is 4.67. The molecule has 8 rings (SSSR count). The van der Waals surface area contributed by atoms with Crippen LogP contribution in [0, 0.1) is 18.3 Å². The van der Waals surface area contributed by atoms with Crippen molar-refractivity contribution in [1.29, 1.82) is 5.26 Å². The van der Waals surface area contributed by atoms with E-state index in [1.165, 1.54) is 60.5 Å². The summed E-state index contributed by atoms with van der Waals surface area (Å²) in [4.78, 5) is 0. The molecule has 0 bridgehead atoms. The maximum absolute atomic E-state index is 9.31. The average molecular weight is 524 g/mol. The Labute approximate surface area is 237 Å². The van der Waals surface area contributed by atoms with Crippen molar-refractivity contribution in [1.82, 2.24) is 9.13 Å². The van der Waals surface area contributed by atoms with Crippen LogP contribution in [0.5, 0.6) is 0 Å². The van der Waals surface area contributed by atoms with E-state index in [2.05, 4.69) is 131 Å². The molecule has 6 aromatic carbocycles. The number of aryl methyl sites for hydroxylation is 1. The van der Waals surface area contributed by atoms with Gasteiger partial charge in [0.25, 0.3) is 0 Å². The zero-order valence-corrected chi connectivity index (χ0v) is 22.5. The van der Waals surface area contributed by atoms with Gasteiger partial charge in [-0.2, -0.15) is 5.26 Å². The second-order valence-electron chi connectivity index (χ2n) is 10.6. The number of nitrogens with zero attached hydrogens (tertiary/aromatic N) is 3. The quantitative estimate of drug-likeness (QED) is 0.227. The predicted octanol–water partition coefficient (Wildman–Crippen LogP) is 9.73. The van der Waals surface area contributed by atoms with Gasteiger partial charge < -0.3 is 9.13 Å². The lowest BCUT2D eigenvalue weighted by atomic mass is 10.0. The Kier molecular flexibility index (Phi) is 5.10. The maximum Gasteiger partial charge on any atom is 0.0991 e. The Morgan fingerprint density at radius 3 is 1.80 bits per heavy atom. The summed E-state index contributed by atoms with van der Waals surface area (Å²) in [6, 6.07) is 49.5. The fourth-order valence-electron chi connectivity index (χ4n) is 6.38. The van der Waals surface area contributed by atoms with Gasteiger partial charge in [-0.15, -0.1) is 0 Å². The van der Waals surface area contributed by atoms with E-state index < -0.39 is 0 Å². The SMILES string of the molecule is Cc1cccc2c3cc(-c4ccc5c(c4)c4ccccc4n5-c4ccccc4)ccc3n(-c3ccc(C#N)cc3)c12. The van der Waals surface area contributed by atoms with Crippen LogP contribution < -0.4 is 0 Å². The Bertz CT molecular complexity index is 2310. The lowest BCUT2D eigenvalue weighted by molar-refractivity contribution is 1.17. The number of aromatic nitrogens is 2. The molecule has 0 fully saturated rings. The lowest BCUT2D eigenvalue weighted by Gasteiger charge is -2.10. The van der Waals surface area contributed by atoms with Crippen LogP contribution in [0.1, 0.15) is 11.1 Å². The van der Waals surface area contributed by atoms with Gasteiger partial charge in [-0.1, -0.05) is 66.7 Å². The fraction of sp³-hybridized carbons (Fsp3) is 0.0263. The molecule has 0 unspecified atom stereocenters. The average Bonchev–Trinajstić information content (AvgIpc) is 3.54. The Balaban J connectivity index is 1.35. The number of hydrogen-bond acceptors (Lipinski definition) is 1. The van der Waals surface area contributed by atoms with Gasteiger partial charge in [-0.05, 0) is 90.3 Å². The molecule has 0 spiro atoms. The number of para-hydroxylation sites is 3. The largest absolute Gasteiger partial charge is 0.309 e. The first-order chi connectivity index (χ1) is 20.2. The molecule has 0 radical (unpaired) electrons. The first kappa shape index (κ1) is 23.3. The highest BCUT2D eigenvalue weighted by molar-refractivity contribution is 6.13. The minimum Gasteiger partial charge on any atom is -0.309 e. The van der Waals surface area contributed by atoms with Crippen molar-refractivity contribution in [2.24, 2.45) is 0 Å². The molecular formula is C38H25N3. The Morgan fingerprint density at radius 2 is 1.07 bits per heavy atom. The molecule has 0 amide bonds. The van der Waals surface area contributed by atoms with Crippen molar-refractivity contribution in [2.45, 2.75) is 6.92 Å². The highest BCUT2D eigenvalue weighted by Gasteiger charge is 2.16. The highest BCUT2D eigenvalue weighted by atomic mass is 15.0. The van der Waals surface area contributed by atoms with Crippen molar-refractivity contribution >= 4 is 43.6 Å². The van der Waals surface area contributed by atoms with Crippen molar-refractivity contribution in [2.75, 3.05) is 0 Å². The highest BCUT2D eigenvalue weighted by Crippen LogP contribution is 2.38. The molecule has 0 N–H and O–H groups in total. The molecular weight excluding hydrogens is 498 g/mol. The van der Waals surface area contributed by atoms with Gasteiger partial charge in [0.05, 0.1) is 33.7 Å². The van der Waals surface area contributed by atoms with E-state index >= 15 is 0 Å². The molecule has 8 aromatic rings. The second-order valence-corrected chi connectivity index (χ2v) is 10.6. The van der Waals surface area contributed by atoms with Crippen LogP contribution >= 0.6 is 0 Å². The normalized spacial score (nSPS) is 11.5. The van der Waals surface area contributed by atoms with E-state index in [-0.39, 0.29) is 0 Å². The minimum absolute atomic E-state index is 0.664. The summed E-state index contributed by atoms with van der Waals surface area (Å²) >= 11 is 0. The van der Waals surface area contributed by atoms with Crippen LogP contribution in [0.2, 0.25) is 0 Å². The summed E-state index contributed by atoms with van der Waals surface area (Å²) in [6.45, 7) is 2.17. The third-order valence-electron chi connectivity index (χ3n) is 8.26. The molecule has 41 heavy (non-hydrogen) atoms. The summed E-state index contributed by atoms with van der Waals surface area (Å²) in [5.74, 6) is 0. The third-order valence-corrected chi connectivity index (χ3v) is 8.26. The lowest BCUT2D eigenvalue weighted by Crippen LogP contribution is -1.95. The van der Waals surface area contributed by atoms with Crippen LogP contribution in [-0.4, -0.2) is 9.13 Å². The molecule has 0 atom stereocenters. The van der Waals surface area contributed by atoms with E-state index in [0.29, 0.717) is 5.56 Å². The van der Waals surface area contributed by atoms with Gasteiger partial charge in [0.15, 0.2) is 0 Å². The Morgan fingerprint density at radius 1 is 0.488 bits per heavy atom. The van der Waals surface area contributed by atoms with Crippen LogP contribution in [-0.2, 0) is 0 Å². The molecule has 0 aliphatic heterocycles. The number of benzene rings is 6. The summed E-state index contributed by atoms with van der Waals surface area (Å²) in [5.41, 5.74) is 11.3. The molecule has 2 aromatic heterocycles. The summed E-state index contributed by atoms with van der Waals surface area (Å²) in [6.07, 6.45) is 0. The monoisotopic (exact) mass is 523 g/mol. The van der Waals surface area contributed by atoms with Gasteiger partial charge >= 0.3 is 0 Å². The van der Waals surface area contributed by atoms with Crippen LogP contribution in [0.4, 0.5) is 0 Å². The van der Waals surface area contributed by atoms with Gasteiger partial charge in [0.2, 0.25) is 0 Å². The number of hydrogen-bond donors (Lipinski definition) is 0. The van der Waals surface area contributed by atoms with Gasteiger partial charge in [0, 0.05) is 32.9 Å². The van der Waals surface area contributed by atoms with Crippen molar-refractivity contribution in [3.63, 3.8) is 0 Å². The van der Waals surface area contributed by atoms with Crippen molar-refractivity contribution < 1.29 is 0 Å². The van der Waals surface area contributed by atoms with Crippen molar-refractivity contribution in [3.8, 4) is 28.6 Å². The van der Waals surface area contributed by atoms with Gasteiger partial charge in [-0.3, -0.25) is 0 Å². The van der Waals surface area contributed by atoms with Gasteiger partial charge in [0.1, 0.15) is 0 Å². The molecule has 0 aliphatic carbocycles. The molecule has 0 aliphatic rings. The number of nitriles is 1. The van der Waals surface area contributed by atoms with E-state index in [4.69, 9.17) is 0 Å². The van der Waals surface area contributed by atoms with E-state index in [1.807, 2.05) is 24.3 Å². The van der Waals surface area contributed by atoms with E-state index in [1.54, 1.807) is 0 Å². The number of rotatable bonds is 3. The van der Waals surface area contributed by atoms with Gasteiger partial charge in [-0.25, -0.2) is 0 Å². The van der Waals surface area contributed by atoms with E-state index in [9.17, 15) is 5.26 Å². The second kappa shape index (κ2) is 8.98. The van der Waals surface area contributed by atoms with Crippen LogP contribution in [0.25, 0.3) is 66.1 Å². The minimum atomic E-state index is 0.664. The topological polar surface area (TPSA) is 33.6 Å². The Hall–Kier alpha value is -5.59. The summed E-state index contributed by atoms with van der Waals surface area (Å²) in [7, 11) is 0. The zero-order chi connectivity index (χ0) is 27.5. The molecule has 0 saturated heterocycles. The molecule has 2 heterocycles. The molecule has 192 valence electrons. The molecule has 3 nitrogen and oxygen atoms in total. The van der Waals surface area contributed by atoms with Crippen molar-refractivity contribution in [3.05, 3.63) is 145 Å². The molecule has 3 heteroatoms. The first-order valence-corrected chi connectivity index (χ1v) is 13.8.